The molecule has 172 valence electrons. The number of rotatable bonds is 8. The molecule has 0 radical (unpaired) electrons. The molecule has 2 aliphatic rings. The third-order valence-corrected chi connectivity index (χ3v) is 4.86. The first kappa shape index (κ1) is 24.6. The van der Waals surface area contributed by atoms with E-state index in [1.165, 1.54) is 34.8 Å². The number of aliphatic hydroxyl groups is 1. The zero-order valence-corrected chi connectivity index (χ0v) is 18.3. The summed E-state index contributed by atoms with van der Waals surface area (Å²) in [6.07, 6.45) is -3.99. The van der Waals surface area contributed by atoms with E-state index in [1.807, 2.05) is 0 Å². The summed E-state index contributed by atoms with van der Waals surface area (Å²) >= 11 is 0. The number of esters is 3. The van der Waals surface area contributed by atoms with Gasteiger partial charge in [0.15, 0.2) is 29.4 Å². The summed E-state index contributed by atoms with van der Waals surface area (Å²) in [5, 5.41) is 10.9. The van der Waals surface area contributed by atoms with Gasteiger partial charge in [0.25, 0.3) is 0 Å². The third kappa shape index (κ3) is 5.34. The molecule has 5 unspecified atom stereocenters. The molecule has 5 atom stereocenters. The minimum absolute atomic E-state index is 0.367. The van der Waals surface area contributed by atoms with Crippen molar-refractivity contribution in [1.82, 2.24) is 0 Å². The molecule has 0 bridgehead atoms. The van der Waals surface area contributed by atoms with Gasteiger partial charge >= 0.3 is 17.9 Å². The van der Waals surface area contributed by atoms with E-state index < -0.39 is 59.5 Å². The first-order valence-electron chi connectivity index (χ1n) is 9.51. The Bertz CT molecular complexity index is 673. The lowest BCUT2D eigenvalue weighted by Crippen LogP contribution is -2.54. The molecule has 2 fully saturated rings. The van der Waals surface area contributed by atoms with Crippen molar-refractivity contribution in [3.05, 3.63) is 0 Å². The number of hydrogen-bond acceptors (Lipinski definition) is 11. The average molecular weight is 434 g/mol. The maximum Gasteiger partial charge on any atom is 0.345 e. The quantitative estimate of drug-likeness (QED) is 0.410. The van der Waals surface area contributed by atoms with Crippen LogP contribution in [-0.4, -0.2) is 84.9 Å². The van der Waals surface area contributed by atoms with E-state index in [9.17, 15) is 19.5 Å². The molecule has 11 nitrogen and oxygen atoms in total. The average Bonchev–Trinajstić information content (AvgIpc) is 3.08. The van der Waals surface area contributed by atoms with Crippen LogP contribution >= 0.6 is 0 Å². The van der Waals surface area contributed by atoms with Crippen LogP contribution in [0.3, 0.4) is 0 Å². The lowest BCUT2D eigenvalue weighted by atomic mass is 9.96. The van der Waals surface area contributed by atoms with Crippen molar-refractivity contribution in [2.24, 2.45) is 0 Å². The van der Waals surface area contributed by atoms with Gasteiger partial charge in [-0.15, -0.1) is 0 Å². The van der Waals surface area contributed by atoms with Crippen LogP contribution in [-0.2, 0) is 47.5 Å². The van der Waals surface area contributed by atoms with Crippen LogP contribution in [0.1, 0.15) is 41.5 Å². The standard InChI is InChI=1S/C19H30O11/c1-10(24-7)14(22)27-16(23)17(3,4)26-9-19(8-25-11(2)20)13(21)12-15(30-19)29-18(5,6)28-12/h10,12-13,15,21H,8-9H2,1-7H3. The monoisotopic (exact) mass is 434 g/mol. The normalized spacial score (nSPS) is 31.1. The minimum atomic E-state index is -1.59. The number of hydrogen-bond donors (Lipinski definition) is 1. The molecule has 0 aromatic rings. The Labute approximate surface area is 174 Å². The Balaban J connectivity index is 2.11. The van der Waals surface area contributed by atoms with Crippen LogP contribution in [0.5, 0.6) is 0 Å². The van der Waals surface area contributed by atoms with Crippen molar-refractivity contribution >= 4 is 17.9 Å². The second kappa shape index (κ2) is 8.85. The van der Waals surface area contributed by atoms with Crippen molar-refractivity contribution in [3.8, 4) is 0 Å². The Morgan fingerprint density at radius 1 is 1.13 bits per heavy atom. The van der Waals surface area contributed by atoms with E-state index >= 15 is 0 Å². The number of methoxy groups -OCH3 is 1. The first-order valence-corrected chi connectivity index (χ1v) is 9.51. The summed E-state index contributed by atoms with van der Waals surface area (Å²) in [7, 11) is 1.30. The molecule has 2 aliphatic heterocycles. The van der Waals surface area contributed by atoms with Crippen LogP contribution in [0.2, 0.25) is 0 Å². The summed E-state index contributed by atoms with van der Waals surface area (Å²) in [5.41, 5.74) is -3.15. The van der Waals surface area contributed by atoms with Gasteiger partial charge in [-0.2, -0.15) is 0 Å². The van der Waals surface area contributed by atoms with Gasteiger partial charge in [0.2, 0.25) is 0 Å². The van der Waals surface area contributed by atoms with E-state index in [0.717, 1.165) is 0 Å². The summed E-state index contributed by atoms with van der Waals surface area (Å²) in [5.74, 6) is -3.39. The van der Waals surface area contributed by atoms with Gasteiger partial charge in [0.05, 0.1) is 6.61 Å². The number of aliphatic hydroxyl groups excluding tert-OH is 1. The topological polar surface area (TPSA) is 136 Å². The predicted octanol–water partition coefficient (Wildman–Crippen LogP) is 0.0569. The molecule has 2 heterocycles. The molecule has 0 amide bonds. The van der Waals surface area contributed by atoms with Gasteiger partial charge in [-0.1, -0.05) is 0 Å². The maximum atomic E-state index is 12.4. The van der Waals surface area contributed by atoms with Crippen LogP contribution < -0.4 is 0 Å². The molecule has 30 heavy (non-hydrogen) atoms. The van der Waals surface area contributed by atoms with Crippen molar-refractivity contribution < 1.29 is 52.6 Å². The second-order valence-electron chi connectivity index (χ2n) is 8.26. The van der Waals surface area contributed by atoms with E-state index in [0.29, 0.717) is 0 Å². The Hall–Kier alpha value is -1.63. The molecule has 2 saturated heterocycles. The highest BCUT2D eigenvalue weighted by Crippen LogP contribution is 2.43. The van der Waals surface area contributed by atoms with Gasteiger partial charge in [-0.25, -0.2) is 9.59 Å². The van der Waals surface area contributed by atoms with Gasteiger partial charge in [0, 0.05) is 14.0 Å². The fourth-order valence-corrected chi connectivity index (χ4v) is 2.92. The number of ether oxygens (including phenoxy) is 7. The van der Waals surface area contributed by atoms with E-state index in [2.05, 4.69) is 0 Å². The molecule has 0 aromatic carbocycles. The van der Waals surface area contributed by atoms with Crippen molar-refractivity contribution in [2.75, 3.05) is 20.3 Å². The number of carbonyl (C=O) groups excluding carboxylic acids is 3. The molecular formula is C19H30O11. The van der Waals surface area contributed by atoms with Gasteiger partial charge in [0.1, 0.15) is 18.8 Å². The summed E-state index contributed by atoms with van der Waals surface area (Å²) in [6, 6.07) is 0. The highest BCUT2D eigenvalue weighted by Gasteiger charge is 2.62. The maximum absolute atomic E-state index is 12.4. The van der Waals surface area contributed by atoms with Crippen LogP contribution in [0, 0.1) is 0 Å². The van der Waals surface area contributed by atoms with Crippen LogP contribution in [0.15, 0.2) is 0 Å². The minimum Gasteiger partial charge on any atom is -0.463 e. The van der Waals surface area contributed by atoms with Gasteiger partial charge in [-0.3, -0.25) is 4.79 Å². The smallest absolute Gasteiger partial charge is 0.345 e. The Kier molecular flexibility index (Phi) is 7.27. The molecular weight excluding hydrogens is 404 g/mol. The molecule has 0 saturated carbocycles. The number of carbonyl (C=O) groups is 3. The zero-order valence-electron chi connectivity index (χ0n) is 18.3. The largest absolute Gasteiger partial charge is 0.463 e. The summed E-state index contributed by atoms with van der Waals surface area (Å²) in [4.78, 5) is 35.5. The van der Waals surface area contributed by atoms with Crippen molar-refractivity contribution in [1.29, 1.82) is 0 Å². The SMILES string of the molecule is COC(C)C(=O)OC(=O)C(C)(C)OCC1(COC(C)=O)OC2OC(C)(C)OC2C1O. The van der Waals surface area contributed by atoms with E-state index in [1.54, 1.807) is 13.8 Å². The van der Waals surface area contributed by atoms with E-state index in [4.69, 9.17) is 33.2 Å². The highest BCUT2D eigenvalue weighted by atomic mass is 16.8. The van der Waals surface area contributed by atoms with Crippen molar-refractivity contribution in [2.45, 2.75) is 83.1 Å². The summed E-state index contributed by atoms with van der Waals surface area (Å²) in [6.45, 7) is 8.00. The molecule has 0 aliphatic carbocycles. The molecule has 11 heteroatoms. The lowest BCUT2D eigenvalue weighted by molar-refractivity contribution is -0.263. The first-order chi connectivity index (χ1) is 13.7. The molecule has 0 spiro atoms. The van der Waals surface area contributed by atoms with Crippen molar-refractivity contribution in [3.63, 3.8) is 0 Å². The lowest BCUT2D eigenvalue weighted by Gasteiger charge is -2.35. The van der Waals surface area contributed by atoms with Gasteiger partial charge in [-0.05, 0) is 34.6 Å². The van der Waals surface area contributed by atoms with Gasteiger partial charge < -0.3 is 38.3 Å². The highest BCUT2D eigenvalue weighted by molar-refractivity contribution is 5.91. The van der Waals surface area contributed by atoms with Crippen LogP contribution in [0.25, 0.3) is 0 Å². The Morgan fingerprint density at radius 3 is 2.30 bits per heavy atom. The Morgan fingerprint density at radius 2 is 1.77 bits per heavy atom. The molecule has 2 rings (SSSR count). The number of fused-ring (bicyclic) bond motifs is 1. The molecule has 1 N–H and O–H groups in total. The van der Waals surface area contributed by atoms with E-state index in [-0.39, 0.29) is 13.2 Å². The molecule has 0 aromatic heterocycles. The second-order valence-corrected chi connectivity index (χ2v) is 8.26. The zero-order chi connectivity index (χ0) is 22.9. The fourth-order valence-electron chi connectivity index (χ4n) is 2.92. The predicted molar refractivity (Wildman–Crippen MR) is 97.9 cm³/mol. The fraction of sp³-hybridized carbons (Fsp3) is 0.842. The third-order valence-electron chi connectivity index (χ3n) is 4.86. The van der Waals surface area contributed by atoms with Crippen LogP contribution in [0.4, 0.5) is 0 Å². The summed E-state index contributed by atoms with van der Waals surface area (Å²) < 4.78 is 37.4.